The van der Waals surface area contributed by atoms with E-state index in [-0.39, 0.29) is 10.7 Å². The van der Waals surface area contributed by atoms with Crippen LogP contribution in [-0.4, -0.2) is 16.1 Å². The topological polar surface area (TPSA) is 53.1 Å². The molecule has 4 heteroatoms. The molecule has 72 valence electrons. The molecule has 0 radical (unpaired) electrons. The molecule has 0 aliphatic carbocycles. The first-order valence-corrected chi connectivity index (χ1v) is 4.48. The molecule has 0 unspecified atom stereocenters. The number of H-pyrrole nitrogens is 1. The molecule has 1 heterocycles. The highest BCUT2D eigenvalue weighted by molar-refractivity contribution is 6.34. The average Bonchev–Trinajstić information content (AvgIpc) is 2.40. The molecule has 0 amide bonds. The number of fused-ring (bicyclic) bond motifs is 1. The van der Waals surface area contributed by atoms with E-state index in [0.29, 0.717) is 5.39 Å². The van der Waals surface area contributed by atoms with E-state index in [1.807, 2.05) is 19.1 Å². The van der Waals surface area contributed by atoms with Crippen LogP contribution in [0.15, 0.2) is 18.2 Å². The van der Waals surface area contributed by atoms with Gasteiger partial charge in [-0.3, -0.25) is 0 Å². The van der Waals surface area contributed by atoms with Gasteiger partial charge in [0.25, 0.3) is 0 Å². The molecular weight excluding hydrogens is 202 g/mol. The summed E-state index contributed by atoms with van der Waals surface area (Å²) in [6.45, 7) is 1.91. The van der Waals surface area contributed by atoms with E-state index < -0.39 is 5.97 Å². The number of carbonyl (C=O) groups is 1. The van der Waals surface area contributed by atoms with Crippen LogP contribution < -0.4 is 0 Å². The third-order valence-electron chi connectivity index (χ3n) is 2.12. The Morgan fingerprint density at radius 2 is 2.21 bits per heavy atom. The number of benzene rings is 1. The number of hydrogen-bond acceptors (Lipinski definition) is 1. The van der Waals surface area contributed by atoms with Crippen molar-refractivity contribution < 1.29 is 9.90 Å². The Morgan fingerprint density at radius 3 is 2.86 bits per heavy atom. The Balaban J connectivity index is 2.86. The summed E-state index contributed by atoms with van der Waals surface area (Å²) >= 11 is 5.78. The Bertz CT molecular complexity index is 516. The van der Waals surface area contributed by atoms with Crippen LogP contribution in [0.4, 0.5) is 0 Å². The summed E-state index contributed by atoms with van der Waals surface area (Å²) < 4.78 is 0. The van der Waals surface area contributed by atoms with E-state index in [1.165, 1.54) is 0 Å². The lowest BCUT2D eigenvalue weighted by atomic mass is 10.1. The molecule has 0 aliphatic rings. The fraction of sp³-hybridized carbons (Fsp3) is 0.100. The summed E-state index contributed by atoms with van der Waals surface area (Å²) in [6.07, 6.45) is 0. The fourth-order valence-corrected chi connectivity index (χ4v) is 1.77. The molecule has 0 bridgehead atoms. The van der Waals surface area contributed by atoms with E-state index >= 15 is 0 Å². The molecular formula is C10H8ClNO2. The summed E-state index contributed by atoms with van der Waals surface area (Å²) in [6, 6.07) is 5.53. The van der Waals surface area contributed by atoms with Crippen LogP contribution in [-0.2, 0) is 0 Å². The van der Waals surface area contributed by atoms with Gasteiger partial charge in [-0.25, -0.2) is 4.79 Å². The molecule has 0 saturated heterocycles. The summed E-state index contributed by atoms with van der Waals surface area (Å²) in [7, 11) is 0. The maximum atomic E-state index is 10.9. The highest BCUT2D eigenvalue weighted by Crippen LogP contribution is 2.26. The number of carboxylic acid groups (broad SMARTS) is 1. The zero-order valence-electron chi connectivity index (χ0n) is 7.47. The molecule has 2 N–H and O–H groups in total. The third kappa shape index (κ3) is 1.26. The summed E-state index contributed by atoms with van der Waals surface area (Å²) in [5.74, 6) is -1.01. The molecule has 0 atom stereocenters. The van der Waals surface area contributed by atoms with Crippen LogP contribution in [0, 0.1) is 6.92 Å². The molecule has 0 aliphatic heterocycles. The van der Waals surface area contributed by atoms with Crippen molar-refractivity contribution in [3.05, 3.63) is 34.5 Å². The highest BCUT2D eigenvalue weighted by atomic mass is 35.5. The van der Waals surface area contributed by atoms with Gasteiger partial charge in [0.2, 0.25) is 0 Å². The lowest BCUT2D eigenvalue weighted by Crippen LogP contribution is -1.95. The zero-order chi connectivity index (χ0) is 10.3. The molecule has 3 nitrogen and oxygen atoms in total. The van der Waals surface area contributed by atoms with Crippen molar-refractivity contribution in [3.63, 3.8) is 0 Å². The van der Waals surface area contributed by atoms with Gasteiger partial charge < -0.3 is 10.1 Å². The smallest absolute Gasteiger partial charge is 0.339 e. The second-order valence-electron chi connectivity index (χ2n) is 3.17. The number of hydrogen-bond donors (Lipinski definition) is 2. The summed E-state index contributed by atoms with van der Waals surface area (Å²) in [5.41, 5.74) is 1.90. The summed E-state index contributed by atoms with van der Waals surface area (Å²) in [4.78, 5) is 13.7. The van der Waals surface area contributed by atoms with E-state index in [9.17, 15) is 4.79 Å². The van der Waals surface area contributed by atoms with Crippen LogP contribution in [0.25, 0.3) is 10.9 Å². The molecule has 2 aromatic rings. The number of aromatic amines is 1. The third-order valence-corrected chi connectivity index (χ3v) is 2.41. The van der Waals surface area contributed by atoms with E-state index in [1.54, 1.807) is 6.07 Å². The van der Waals surface area contributed by atoms with Gasteiger partial charge in [-0.2, -0.15) is 0 Å². The van der Waals surface area contributed by atoms with Crippen molar-refractivity contribution in [2.45, 2.75) is 6.92 Å². The van der Waals surface area contributed by atoms with Crippen LogP contribution in [0.2, 0.25) is 5.15 Å². The Morgan fingerprint density at radius 1 is 1.50 bits per heavy atom. The first-order chi connectivity index (χ1) is 6.59. The van der Waals surface area contributed by atoms with Crippen molar-refractivity contribution >= 4 is 28.5 Å². The second kappa shape index (κ2) is 3.03. The maximum absolute atomic E-state index is 10.9. The molecule has 0 fully saturated rings. The minimum atomic E-state index is -1.01. The second-order valence-corrected chi connectivity index (χ2v) is 3.55. The number of aromatic nitrogens is 1. The van der Waals surface area contributed by atoms with Crippen molar-refractivity contribution in [2.24, 2.45) is 0 Å². The predicted molar refractivity (Wildman–Crippen MR) is 55.0 cm³/mol. The minimum Gasteiger partial charge on any atom is -0.478 e. The lowest BCUT2D eigenvalue weighted by Gasteiger charge is -1.94. The van der Waals surface area contributed by atoms with Gasteiger partial charge in [0.05, 0.1) is 0 Å². The molecule has 1 aromatic heterocycles. The van der Waals surface area contributed by atoms with Gasteiger partial charge >= 0.3 is 5.97 Å². The van der Waals surface area contributed by atoms with Gasteiger partial charge in [-0.1, -0.05) is 23.2 Å². The van der Waals surface area contributed by atoms with Gasteiger partial charge in [0, 0.05) is 10.9 Å². The van der Waals surface area contributed by atoms with E-state index in [0.717, 1.165) is 11.1 Å². The fourth-order valence-electron chi connectivity index (χ4n) is 1.48. The predicted octanol–water partition coefficient (Wildman–Crippen LogP) is 2.83. The van der Waals surface area contributed by atoms with Crippen LogP contribution >= 0.6 is 11.6 Å². The summed E-state index contributed by atoms with van der Waals surface area (Å²) in [5, 5.41) is 9.77. The number of aryl methyl sites for hydroxylation is 1. The normalized spacial score (nSPS) is 10.7. The van der Waals surface area contributed by atoms with Crippen molar-refractivity contribution in [3.8, 4) is 0 Å². The first-order valence-electron chi connectivity index (χ1n) is 4.10. The zero-order valence-corrected chi connectivity index (χ0v) is 8.22. The molecule has 0 saturated carbocycles. The lowest BCUT2D eigenvalue weighted by molar-refractivity contribution is 0.0699. The Hall–Kier alpha value is -1.48. The number of aromatic carboxylic acids is 1. The van der Waals surface area contributed by atoms with Crippen molar-refractivity contribution in [1.82, 2.24) is 4.98 Å². The first kappa shape index (κ1) is 9.09. The maximum Gasteiger partial charge on any atom is 0.339 e. The van der Waals surface area contributed by atoms with Crippen LogP contribution in [0.1, 0.15) is 15.9 Å². The number of nitrogens with one attached hydrogen (secondary N) is 1. The Labute approximate surface area is 85.3 Å². The Kier molecular flexibility index (Phi) is 1.97. The van der Waals surface area contributed by atoms with E-state index in [2.05, 4.69) is 4.98 Å². The van der Waals surface area contributed by atoms with Crippen molar-refractivity contribution in [2.75, 3.05) is 0 Å². The quantitative estimate of drug-likeness (QED) is 0.759. The standard InChI is InChI=1S/C10H8ClNO2/c1-5-2-3-7-6(4-5)8(10(13)14)9(11)12-7/h2-4,12H,1H3,(H,13,14). The van der Waals surface area contributed by atoms with E-state index in [4.69, 9.17) is 16.7 Å². The van der Waals surface area contributed by atoms with Gasteiger partial charge in [0.1, 0.15) is 10.7 Å². The molecule has 14 heavy (non-hydrogen) atoms. The number of carboxylic acids is 1. The monoisotopic (exact) mass is 209 g/mol. The van der Waals surface area contributed by atoms with Crippen molar-refractivity contribution in [1.29, 1.82) is 0 Å². The molecule has 0 spiro atoms. The van der Waals surface area contributed by atoms with Gasteiger partial charge in [-0.15, -0.1) is 0 Å². The van der Waals surface area contributed by atoms with Crippen LogP contribution in [0.5, 0.6) is 0 Å². The largest absolute Gasteiger partial charge is 0.478 e. The minimum absolute atomic E-state index is 0.144. The SMILES string of the molecule is Cc1ccc2[nH]c(Cl)c(C(=O)O)c2c1. The number of rotatable bonds is 1. The molecule has 2 rings (SSSR count). The number of halogens is 1. The molecule has 1 aromatic carbocycles. The highest BCUT2D eigenvalue weighted by Gasteiger charge is 2.15. The van der Waals surface area contributed by atoms with Crippen LogP contribution in [0.3, 0.4) is 0 Å². The van der Waals surface area contributed by atoms with Gasteiger partial charge in [0.15, 0.2) is 0 Å². The van der Waals surface area contributed by atoms with Gasteiger partial charge in [-0.05, 0) is 19.1 Å². The average molecular weight is 210 g/mol.